The highest BCUT2D eigenvalue weighted by molar-refractivity contribution is 7.86. The zero-order valence-corrected chi connectivity index (χ0v) is 17.2. The lowest BCUT2D eigenvalue weighted by atomic mass is 10.1. The van der Waals surface area contributed by atoms with E-state index in [1.165, 1.54) is 18.2 Å². The van der Waals surface area contributed by atoms with Crippen molar-refractivity contribution in [3.05, 3.63) is 65.7 Å². The second-order valence-corrected chi connectivity index (χ2v) is 8.46. The van der Waals surface area contributed by atoms with E-state index in [1.807, 2.05) is 25.1 Å². The molecule has 8 heteroatoms. The van der Waals surface area contributed by atoms with Gasteiger partial charge in [-0.2, -0.15) is 8.42 Å². The summed E-state index contributed by atoms with van der Waals surface area (Å²) in [5.74, 6) is 0.264. The molecule has 7 nitrogen and oxygen atoms in total. The molecule has 0 aliphatic rings. The maximum Gasteiger partial charge on any atom is 0.297 e. The Kier molecular flexibility index (Phi) is 5.47. The molecule has 4 rings (SSSR count). The van der Waals surface area contributed by atoms with Crippen molar-refractivity contribution >= 4 is 43.0 Å². The van der Waals surface area contributed by atoms with Gasteiger partial charge in [0.1, 0.15) is 16.4 Å². The highest BCUT2D eigenvalue weighted by Crippen LogP contribution is 2.34. The predicted octanol–water partition coefficient (Wildman–Crippen LogP) is 4.12. The fourth-order valence-corrected chi connectivity index (χ4v) is 4.16. The first-order valence-corrected chi connectivity index (χ1v) is 10.4. The maximum absolute atomic E-state index is 11.3. The van der Waals surface area contributed by atoms with E-state index in [9.17, 15) is 18.6 Å². The quantitative estimate of drug-likeness (QED) is 0.227. The number of phenolic OH excluding ortho intramolecular Hbond substituents is 2. The number of nitrogen functional groups attached to an aromatic ring is 2. The maximum atomic E-state index is 11.3. The van der Waals surface area contributed by atoms with Crippen LogP contribution >= 0.6 is 0 Å². The Labute approximate surface area is 173 Å². The van der Waals surface area contributed by atoms with E-state index in [0.717, 1.165) is 22.0 Å². The molecule has 0 saturated heterocycles. The molecule has 0 spiro atoms. The molecule has 156 valence electrons. The normalized spacial score (nSPS) is 11.3. The van der Waals surface area contributed by atoms with Crippen molar-refractivity contribution in [3.8, 4) is 11.5 Å². The number of hydrogen-bond acceptors (Lipinski definition) is 6. The highest BCUT2D eigenvalue weighted by Gasteiger charge is 2.19. The van der Waals surface area contributed by atoms with Crippen LogP contribution in [0.2, 0.25) is 0 Å². The second kappa shape index (κ2) is 7.74. The van der Waals surface area contributed by atoms with Gasteiger partial charge >= 0.3 is 0 Å². The summed E-state index contributed by atoms with van der Waals surface area (Å²) in [6.07, 6.45) is 0. The minimum absolute atomic E-state index is 0.0509. The average Bonchev–Trinajstić information content (AvgIpc) is 2.59. The number of phenols is 2. The van der Waals surface area contributed by atoms with Crippen LogP contribution in [0.25, 0.3) is 21.5 Å². The van der Waals surface area contributed by atoms with Gasteiger partial charge in [-0.1, -0.05) is 6.07 Å². The fourth-order valence-electron chi connectivity index (χ4n) is 3.35. The van der Waals surface area contributed by atoms with Crippen molar-refractivity contribution in [1.82, 2.24) is 0 Å². The standard InChI is InChI=1S/C11H11NO4S.C11H11NO/c1-6-4-8-7(10(13)5-6)2-3-9(12)11(8)17(14,15)16;1-7-4-8-6-9(12)2-3-10(8)11(13)5-7/h2-5,13H,12H2,1H3,(H,14,15,16);2-6,13H,12H2,1H3. The second-order valence-electron chi connectivity index (χ2n) is 7.10. The summed E-state index contributed by atoms with van der Waals surface area (Å²) in [7, 11) is -4.43. The van der Waals surface area contributed by atoms with Crippen LogP contribution in [0.5, 0.6) is 11.5 Å². The van der Waals surface area contributed by atoms with Crippen LogP contribution in [0.1, 0.15) is 11.1 Å². The lowest BCUT2D eigenvalue weighted by Gasteiger charge is -2.09. The van der Waals surface area contributed by atoms with Crippen molar-refractivity contribution in [3.63, 3.8) is 0 Å². The number of fused-ring (bicyclic) bond motifs is 2. The molecule has 4 aromatic carbocycles. The molecule has 0 aliphatic heterocycles. The van der Waals surface area contributed by atoms with E-state index >= 15 is 0 Å². The van der Waals surface area contributed by atoms with E-state index in [-0.39, 0.29) is 21.7 Å². The van der Waals surface area contributed by atoms with E-state index in [1.54, 1.807) is 25.1 Å². The number of anilines is 2. The van der Waals surface area contributed by atoms with Crippen LogP contribution in [0, 0.1) is 13.8 Å². The van der Waals surface area contributed by atoms with E-state index in [0.29, 0.717) is 16.7 Å². The zero-order valence-electron chi connectivity index (χ0n) is 16.4. The van der Waals surface area contributed by atoms with Crippen molar-refractivity contribution in [2.75, 3.05) is 11.5 Å². The van der Waals surface area contributed by atoms with Crippen LogP contribution in [0.3, 0.4) is 0 Å². The molecular weight excluding hydrogens is 404 g/mol. The summed E-state index contributed by atoms with van der Waals surface area (Å²) < 4.78 is 31.7. The third kappa shape index (κ3) is 4.24. The molecule has 4 aromatic rings. The van der Waals surface area contributed by atoms with Gasteiger partial charge in [-0.25, -0.2) is 0 Å². The predicted molar refractivity (Wildman–Crippen MR) is 119 cm³/mol. The van der Waals surface area contributed by atoms with Crippen LogP contribution in [-0.4, -0.2) is 23.2 Å². The largest absolute Gasteiger partial charge is 0.507 e. The molecule has 0 aromatic heterocycles. The summed E-state index contributed by atoms with van der Waals surface area (Å²) in [5.41, 5.74) is 13.6. The van der Waals surface area contributed by atoms with Crippen molar-refractivity contribution in [2.24, 2.45) is 0 Å². The first kappa shape index (κ1) is 21.2. The molecule has 0 saturated carbocycles. The molecule has 7 N–H and O–H groups in total. The van der Waals surface area contributed by atoms with Gasteiger partial charge in [-0.3, -0.25) is 4.55 Å². The Hall–Kier alpha value is -3.49. The molecule has 0 atom stereocenters. The Bertz CT molecular complexity index is 1380. The van der Waals surface area contributed by atoms with Gasteiger partial charge in [0.25, 0.3) is 10.1 Å². The van der Waals surface area contributed by atoms with Gasteiger partial charge in [0.05, 0.1) is 5.69 Å². The Balaban J connectivity index is 0.000000177. The smallest absolute Gasteiger partial charge is 0.297 e. The number of aromatic hydroxyl groups is 2. The first-order valence-electron chi connectivity index (χ1n) is 8.95. The number of hydrogen-bond donors (Lipinski definition) is 5. The van der Waals surface area contributed by atoms with Gasteiger partial charge in [0, 0.05) is 21.8 Å². The summed E-state index contributed by atoms with van der Waals surface area (Å²) in [5, 5.41) is 21.7. The molecule has 0 radical (unpaired) electrons. The Morgan fingerprint density at radius 3 is 1.93 bits per heavy atom. The average molecular weight is 426 g/mol. The lowest BCUT2D eigenvalue weighted by Crippen LogP contribution is -2.04. The van der Waals surface area contributed by atoms with Crippen LogP contribution in [0.4, 0.5) is 11.4 Å². The van der Waals surface area contributed by atoms with Gasteiger partial charge < -0.3 is 21.7 Å². The summed E-state index contributed by atoms with van der Waals surface area (Å²) >= 11 is 0. The molecule has 0 heterocycles. The molecule has 30 heavy (non-hydrogen) atoms. The fraction of sp³-hybridized carbons (Fsp3) is 0.0909. The third-order valence-electron chi connectivity index (χ3n) is 4.60. The van der Waals surface area contributed by atoms with Gasteiger partial charge in [0.15, 0.2) is 0 Å². The van der Waals surface area contributed by atoms with Gasteiger partial charge in [-0.05, 0) is 78.9 Å². The molecule has 0 unspecified atom stereocenters. The zero-order chi connectivity index (χ0) is 22.2. The number of benzene rings is 4. The minimum atomic E-state index is -4.43. The topological polar surface area (TPSA) is 147 Å². The van der Waals surface area contributed by atoms with Gasteiger partial charge in [-0.15, -0.1) is 0 Å². The number of nitrogens with two attached hydrogens (primary N) is 2. The molecule has 0 fully saturated rings. The lowest BCUT2D eigenvalue weighted by molar-refractivity contribution is 0.480. The van der Waals surface area contributed by atoms with Crippen molar-refractivity contribution < 1.29 is 23.2 Å². The Morgan fingerprint density at radius 1 is 0.733 bits per heavy atom. The summed E-state index contributed by atoms with van der Waals surface area (Å²) in [6.45, 7) is 3.65. The molecule has 0 bridgehead atoms. The first-order chi connectivity index (χ1) is 14.0. The molecule has 0 aliphatic carbocycles. The SMILES string of the molecule is Cc1cc(O)c2ccc(N)c(S(=O)(=O)O)c2c1.Cc1cc(O)c2ccc(N)cc2c1. The summed E-state index contributed by atoms with van der Waals surface area (Å²) in [4.78, 5) is -0.367. The van der Waals surface area contributed by atoms with Crippen LogP contribution in [0.15, 0.2) is 59.5 Å². The Morgan fingerprint density at radius 2 is 1.30 bits per heavy atom. The number of aryl methyl sites for hydroxylation is 2. The summed E-state index contributed by atoms with van der Waals surface area (Å²) in [6, 6.07) is 15.1. The number of rotatable bonds is 1. The van der Waals surface area contributed by atoms with E-state index < -0.39 is 10.1 Å². The van der Waals surface area contributed by atoms with Crippen molar-refractivity contribution in [1.29, 1.82) is 0 Å². The molecule has 0 amide bonds. The van der Waals surface area contributed by atoms with Crippen LogP contribution in [-0.2, 0) is 10.1 Å². The van der Waals surface area contributed by atoms with Crippen molar-refractivity contribution in [2.45, 2.75) is 18.7 Å². The third-order valence-corrected chi connectivity index (χ3v) is 5.57. The molecular formula is C22H22N2O5S. The van der Waals surface area contributed by atoms with Crippen LogP contribution < -0.4 is 11.5 Å². The van der Waals surface area contributed by atoms with E-state index in [2.05, 4.69) is 0 Å². The monoisotopic (exact) mass is 426 g/mol. The van der Waals surface area contributed by atoms with E-state index in [4.69, 9.17) is 16.0 Å². The van der Waals surface area contributed by atoms with Gasteiger partial charge in [0.2, 0.25) is 0 Å². The highest BCUT2D eigenvalue weighted by atomic mass is 32.2. The minimum Gasteiger partial charge on any atom is -0.507 e.